The molecule has 1 heterocycles. The lowest BCUT2D eigenvalue weighted by molar-refractivity contribution is 0.185. The number of aromatic nitrogens is 1. The van der Waals surface area contributed by atoms with Crippen molar-refractivity contribution >= 4 is 11.6 Å². The normalized spacial score (nSPS) is 12.9. The number of hydrogen-bond acceptors (Lipinski definition) is 2. The Balaban J connectivity index is 2.57. The van der Waals surface area contributed by atoms with Gasteiger partial charge in [-0.05, 0) is 31.4 Å². The van der Waals surface area contributed by atoms with E-state index in [-0.39, 0.29) is 6.10 Å². The van der Waals surface area contributed by atoms with Gasteiger partial charge in [0.05, 0.1) is 11.1 Å². The van der Waals surface area contributed by atoms with Crippen molar-refractivity contribution in [2.45, 2.75) is 25.9 Å². The maximum atomic E-state index is 9.05. The van der Waals surface area contributed by atoms with Crippen LogP contribution in [0.2, 0.25) is 5.02 Å². The van der Waals surface area contributed by atoms with E-state index in [2.05, 4.69) is 4.98 Å². The van der Waals surface area contributed by atoms with Crippen LogP contribution in [0.15, 0.2) is 18.5 Å². The summed E-state index contributed by atoms with van der Waals surface area (Å²) < 4.78 is 0. The molecule has 1 aromatic rings. The van der Waals surface area contributed by atoms with E-state index in [0.29, 0.717) is 5.02 Å². The van der Waals surface area contributed by atoms with Gasteiger partial charge < -0.3 is 5.11 Å². The quantitative estimate of drug-likeness (QED) is 0.782. The Hall–Kier alpha value is -0.600. The topological polar surface area (TPSA) is 33.1 Å². The fourth-order valence-corrected chi connectivity index (χ4v) is 1.18. The summed E-state index contributed by atoms with van der Waals surface area (Å²) in [5, 5.41) is 9.72. The van der Waals surface area contributed by atoms with Crippen molar-refractivity contribution in [3.05, 3.63) is 29.0 Å². The summed E-state index contributed by atoms with van der Waals surface area (Å²) in [5.74, 6) is 0. The Bertz CT molecular complexity index is 250. The molecular weight excluding hydrogens is 174 g/mol. The molecule has 0 amide bonds. The SMILES string of the molecule is C[C@@H](O)CCc1ccncc1Cl. The minimum absolute atomic E-state index is 0.269. The van der Waals surface area contributed by atoms with Crippen molar-refractivity contribution in [2.24, 2.45) is 0 Å². The molecule has 0 saturated carbocycles. The molecular formula is C9H12ClNO. The number of aryl methyl sites for hydroxylation is 1. The van der Waals surface area contributed by atoms with Crippen LogP contribution in [-0.2, 0) is 6.42 Å². The second-order valence-electron chi connectivity index (χ2n) is 2.85. The summed E-state index contributed by atoms with van der Waals surface area (Å²) in [7, 11) is 0. The molecule has 0 aromatic carbocycles. The Morgan fingerprint density at radius 3 is 3.00 bits per heavy atom. The zero-order valence-electron chi connectivity index (χ0n) is 7.00. The van der Waals surface area contributed by atoms with E-state index in [4.69, 9.17) is 16.7 Å². The van der Waals surface area contributed by atoms with Gasteiger partial charge in [-0.2, -0.15) is 0 Å². The van der Waals surface area contributed by atoms with E-state index in [1.165, 1.54) is 0 Å². The van der Waals surface area contributed by atoms with Crippen molar-refractivity contribution in [3.8, 4) is 0 Å². The molecule has 0 saturated heterocycles. The van der Waals surface area contributed by atoms with Gasteiger partial charge in [0.2, 0.25) is 0 Å². The Kier molecular flexibility index (Phi) is 3.50. The highest BCUT2D eigenvalue weighted by atomic mass is 35.5. The first-order chi connectivity index (χ1) is 5.70. The highest BCUT2D eigenvalue weighted by Gasteiger charge is 2.01. The minimum Gasteiger partial charge on any atom is -0.393 e. The lowest BCUT2D eigenvalue weighted by Crippen LogP contribution is -2.01. The summed E-state index contributed by atoms with van der Waals surface area (Å²) in [6.07, 6.45) is 4.61. The fourth-order valence-electron chi connectivity index (χ4n) is 0.971. The Labute approximate surface area is 77.2 Å². The molecule has 0 aliphatic heterocycles. The van der Waals surface area contributed by atoms with E-state index in [1.807, 2.05) is 6.07 Å². The molecule has 0 bridgehead atoms. The molecule has 0 aliphatic rings. The third kappa shape index (κ3) is 2.80. The number of pyridine rings is 1. The number of aliphatic hydroxyl groups excluding tert-OH is 1. The summed E-state index contributed by atoms with van der Waals surface area (Å²) in [6.45, 7) is 1.77. The van der Waals surface area contributed by atoms with Crippen LogP contribution < -0.4 is 0 Å². The van der Waals surface area contributed by atoms with Crippen LogP contribution in [0, 0.1) is 0 Å². The van der Waals surface area contributed by atoms with Gasteiger partial charge in [-0.25, -0.2) is 0 Å². The first kappa shape index (κ1) is 9.49. The van der Waals surface area contributed by atoms with E-state index in [1.54, 1.807) is 19.3 Å². The van der Waals surface area contributed by atoms with Gasteiger partial charge in [-0.3, -0.25) is 4.98 Å². The average molecular weight is 186 g/mol. The van der Waals surface area contributed by atoms with E-state index < -0.39 is 0 Å². The number of aliphatic hydroxyl groups is 1. The minimum atomic E-state index is -0.269. The van der Waals surface area contributed by atoms with E-state index in [0.717, 1.165) is 18.4 Å². The van der Waals surface area contributed by atoms with Crippen molar-refractivity contribution in [1.82, 2.24) is 4.98 Å². The lowest BCUT2D eigenvalue weighted by Gasteiger charge is -2.04. The van der Waals surface area contributed by atoms with E-state index in [9.17, 15) is 0 Å². The standard InChI is InChI=1S/C9H12ClNO/c1-7(12)2-3-8-4-5-11-6-9(8)10/h4-7,12H,2-3H2,1H3/t7-/m1/s1. The van der Waals surface area contributed by atoms with Gasteiger partial charge in [-0.1, -0.05) is 11.6 Å². The van der Waals surface area contributed by atoms with Crippen LogP contribution in [0.4, 0.5) is 0 Å². The summed E-state index contributed by atoms with van der Waals surface area (Å²) >= 11 is 5.86. The zero-order chi connectivity index (χ0) is 8.97. The molecule has 1 N–H and O–H groups in total. The lowest BCUT2D eigenvalue weighted by atomic mass is 10.1. The maximum Gasteiger partial charge on any atom is 0.0621 e. The smallest absolute Gasteiger partial charge is 0.0621 e. The van der Waals surface area contributed by atoms with Crippen molar-refractivity contribution in [3.63, 3.8) is 0 Å². The zero-order valence-corrected chi connectivity index (χ0v) is 7.75. The van der Waals surface area contributed by atoms with Crippen molar-refractivity contribution < 1.29 is 5.11 Å². The molecule has 3 heteroatoms. The van der Waals surface area contributed by atoms with Gasteiger partial charge in [0.25, 0.3) is 0 Å². The van der Waals surface area contributed by atoms with Gasteiger partial charge in [0.1, 0.15) is 0 Å². The molecule has 0 unspecified atom stereocenters. The number of hydrogen-bond donors (Lipinski definition) is 1. The van der Waals surface area contributed by atoms with Crippen LogP contribution in [0.5, 0.6) is 0 Å². The molecule has 2 nitrogen and oxygen atoms in total. The van der Waals surface area contributed by atoms with Crippen LogP contribution in [0.3, 0.4) is 0 Å². The number of nitrogens with zero attached hydrogens (tertiary/aromatic N) is 1. The van der Waals surface area contributed by atoms with Gasteiger partial charge >= 0.3 is 0 Å². The Morgan fingerprint density at radius 1 is 1.67 bits per heavy atom. The van der Waals surface area contributed by atoms with Crippen molar-refractivity contribution in [1.29, 1.82) is 0 Å². The summed E-state index contributed by atoms with van der Waals surface area (Å²) in [6, 6.07) is 1.88. The molecule has 0 radical (unpaired) electrons. The van der Waals surface area contributed by atoms with Gasteiger partial charge in [-0.15, -0.1) is 0 Å². The number of halogens is 1. The highest BCUT2D eigenvalue weighted by molar-refractivity contribution is 6.31. The Morgan fingerprint density at radius 2 is 2.42 bits per heavy atom. The van der Waals surface area contributed by atoms with Crippen LogP contribution in [0.25, 0.3) is 0 Å². The highest BCUT2D eigenvalue weighted by Crippen LogP contribution is 2.15. The van der Waals surface area contributed by atoms with E-state index >= 15 is 0 Å². The predicted molar refractivity (Wildman–Crippen MR) is 49.2 cm³/mol. The largest absolute Gasteiger partial charge is 0.393 e. The third-order valence-corrected chi connectivity index (χ3v) is 2.03. The molecule has 1 atom stereocenters. The number of rotatable bonds is 3. The summed E-state index contributed by atoms with van der Waals surface area (Å²) in [5.41, 5.74) is 1.05. The first-order valence-electron chi connectivity index (χ1n) is 3.96. The molecule has 1 rings (SSSR count). The van der Waals surface area contributed by atoms with Crippen molar-refractivity contribution in [2.75, 3.05) is 0 Å². The average Bonchev–Trinajstić information content (AvgIpc) is 2.03. The maximum absolute atomic E-state index is 9.05. The first-order valence-corrected chi connectivity index (χ1v) is 4.34. The molecule has 12 heavy (non-hydrogen) atoms. The van der Waals surface area contributed by atoms with Gasteiger partial charge in [0, 0.05) is 12.4 Å². The van der Waals surface area contributed by atoms with Crippen LogP contribution in [-0.4, -0.2) is 16.2 Å². The molecule has 66 valence electrons. The predicted octanol–water partition coefficient (Wildman–Crippen LogP) is 2.05. The fraction of sp³-hybridized carbons (Fsp3) is 0.444. The van der Waals surface area contributed by atoms with Gasteiger partial charge in [0.15, 0.2) is 0 Å². The molecule has 0 aliphatic carbocycles. The van der Waals surface area contributed by atoms with Crippen LogP contribution >= 0.6 is 11.6 Å². The monoisotopic (exact) mass is 185 g/mol. The molecule has 1 aromatic heterocycles. The molecule has 0 spiro atoms. The third-order valence-electron chi connectivity index (χ3n) is 1.69. The molecule has 0 fully saturated rings. The summed E-state index contributed by atoms with van der Waals surface area (Å²) in [4.78, 5) is 3.88. The second-order valence-corrected chi connectivity index (χ2v) is 3.26. The van der Waals surface area contributed by atoms with Crippen LogP contribution in [0.1, 0.15) is 18.9 Å². The second kappa shape index (κ2) is 4.43.